The lowest BCUT2D eigenvalue weighted by Gasteiger charge is -2.04. The Balaban J connectivity index is 2.21. The third-order valence-electron chi connectivity index (χ3n) is 1.31. The van der Waals surface area contributed by atoms with Crippen LogP contribution in [0.3, 0.4) is 0 Å². The van der Waals surface area contributed by atoms with Gasteiger partial charge in [-0.3, -0.25) is 0 Å². The van der Waals surface area contributed by atoms with Crippen LogP contribution in [0.5, 0.6) is 0 Å². The standard InChI is InChI=1S/C6H12N2O/c1-5-3-6(4-7-2)9-8-5/h6-7H,3-4H2,1-2H3. The number of nitrogens with zero attached hydrogens (tertiary/aromatic N) is 1. The van der Waals surface area contributed by atoms with Crippen LogP contribution in [0.25, 0.3) is 0 Å². The van der Waals surface area contributed by atoms with Gasteiger partial charge in [-0.05, 0) is 14.0 Å². The summed E-state index contributed by atoms with van der Waals surface area (Å²) in [5.41, 5.74) is 1.09. The van der Waals surface area contributed by atoms with E-state index in [1.165, 1.54) is 0 Å². The second kappa shape index (κ2) is 2.82. The highest BCUT2D eigenvalue weighted by Crippen LogP contribution is 2.07. The third-order valence-corrected chi connectivity index (χ3v) is 1.31. The summed E-state index contributed by atoms with van der Waals surface area (Å²) in [6.07, 6.45) is 1.25. The average Bonchev–Trinajstić information content (AvgIpc) is 2.17. The Morgan fingerprint density at radius 2 is 2.67 bits per heavy atom. The summed E-state index contributed by atoms with van der Waals surface area (Å²) in [6, 6.07) is 0. The molecule has 1 aliphatic rings. The highest BCUT2D eigenvalue weighted by molar-refractivity contribution is 5.82. The second-order valence-electron chi connectivity index (χ2n) is 2.32. The van der Waals surface area contributed by atoms with Gasteiger partial charge in [0.05, 0.1) is 5.71 Å². The van der Waals surface area contributed by atoms with Crippen molar-refractivity contribution in [2.75, 3.05) is 13.6 Å². The smallest absolute Gasteiger partial charge is 0.145 e. The number of rotatable bonds is 2. The van der Waals surface area contributed by atoms with E-state index in [4.69, 9.17) is 4.84 Å². The fourth-order valence-corrected chi connectivity index (χ4v) is 0.906. The van der Waals surface area contributed by atoms with Gasteiger partial charge < -0.3 is 10.2 Å². The van der Waals surface area contributed by atoms with Gasteiger partial charge in [-0.1, -0.05) is 5.16 Å². The Morgan fingerprint density at radius 1 is 1.89 bits per heavy atom. The molecule has 1 aliphatic heterocycles. The molecule has 0 spiro atoms. The van der Waals surface area contributed by atoms with Gasteiger partial charge in [0, 0.05) is 13.0 Å². The SMILES string of the molecule is CNCC1CC(C)=NO1. The van der Waals surface area contributed by atoms with Crippen LogP contribution < -0.4 is 5.32 Å². The van der Waals surface area contributed by atoms with Crippen LogP contribution in [0.1, 0.15) is 13.3 Å². The van der Waals surface area contributed by atoms with E-state index in [-0.39, 0.29) is 6.10 Å². The largest absolute Gasteiger partial charge is 0.391 e. The van der Waals surface area contributed by atoms with Crippen molar-refractivity contribution in [3.05, 3.63) is 0 Å². The van der Waals surface area contributed by atoms with E-state index in [0.29, 0.717) is 0 Å². The van der Waals surface area contributed by atoms with Crippen LogP contribution in [-0.2, 0) is 4.84 Å². The molecule has 0 bridgehead atoms. The number of nitrogens with one attached hydrogen (secondary N) is 1. The third kappa shape index (κ3) is 1.68. The van der Waals surface area contributed by atoms with Gasteiger partial charge in [-0.25, -0.2) is 0 Å². The Hall–Kier alpha value is -0.570. The highest BCUT2D eigenvalue weighted by Gasteiger charge is 2.15. The lowest BCUT2D eigenvalue weighted by atomic mass is 10.2. The van der Waals surface area contributed by atoms with Crippen LogP contribution >= 0.6 is 0 Å². The average molecular weight is 128 g/mol. The molecule has 0 saturated heterocycles. The van der Waals surface area contributed by atoms with Crippen LogP contribution in [0.4, 0.5) is 0 Å². The number of oxime groups is 1. The van der Waals surface area contributed by atoms with Gasteiger partial charge in [0.25, 0.3) is 0 Å². The summed E-state index contributed by atoms with van der Waals surface area (Å²) in [6.45, 7) is 2.87. The molecule has 0 aromatic heterocycles. The summed E-state index contributed by atoms with van der Waals surface area (Å²) >= 11 is 0. The van der Waals surface area contributed by atoms with Crippen LogP contribution in [-0.4, -0.2) is 25.4 Å². The molecular weight excluding hydrogens is 116 g/mol. The maximum absolute atomic E-state index is 5.03. The first-order valence-electron chi connectivity index (χ1n) is 3.17. The summed E-state index contributed by atoms with van der Waals surface area (Å²) < 4.78 is 0. The molecule has 0 radical (unpaired) electrons. The second-order valence-corrected chi connectivity index (χ2v) is 2.32. The van der Waals surface area contributed by atoms with Gasteiger partial charge in [0.15, 0.2) is 0 Å². The molecule has 52 valence electrons. The van der Waals surface area contributed by atoms with E-state index < -0.39 is 0 Å². The first-order valence-corrected chi connectivity index (χ1v) is 3.17. The molecule has 9 heavy (non-hydrogen) atoms. The molecule has 0 saturated carbocycles. The monoisotopic (exact) mass is 128 g/mol. The minimum atomic E-state index is 0.273. The summed E-state index contributed by atoms with van der Waals surface area (Å²) in [5.74, 6) is 0. The van der Waals surface area contributed by atoms with Crippen molar-refractivity contribution in [2.24, 2.45) is 5.16 Å². The first-order chi connectivity index (χ1) is 4.33. The zero-order valence-electron chi connectivity index (χ0n) is 5.85. The van der Waals surface area contributed by atoms with Crippen molar-refractivity contribution in [1.82, 2.24) is 5.32 Å². The number of hydrogen-bond donors (Lipinski definition) is 1. The number of hydrogen-bond acceptors (Lipinski definition) is 3. The van der Waals surface area contributed by atoms with Crippen molar-refractivity contribution in [3.63, 3.8) is 0 Å². The quantitative estimate of drug-likeness (QED) is 0.583. The molecule has 0 aromatic rings. The molecule has 0 aliphatic carbocycles. The molecule has 0 amide bonds. The van der Waals surface area contributed by atoms with E-state index in [2.05, 4.69) is 10.5 Å². The zero-order valence-corrected chi connectivity index (χ0v) is 5.85. The van der Waals surface area contributed by atoms with E-state index in [9.17, 15) is 0 Å². The number of likely N-dealkylation sites (N-methyl/N-ethyl adjacent to an activating group) is 1. The van der Waals surface area contributed by atoms with E-state index in [1.807, 2.05) is 14.0 Å². The topological polar surface area (TPSA) is 33.6 Å². The van der Waals surface area contributed by atoms with Gasteiger partial charge in [0.1, 0.15) is 6.10 Å². The molecule has 3 heteroatoms. The summed E-state index contributed by atoms with van der Waals surface area (Å²) in [4.78, 5) is 5.03. The zero-order chi connectivity index (χ0) is 6.69. The highest BCUT2D eigenvalue weighted by atomic mass is 16.6. The van der Waals surface area contributed by atoms with E-state index in [1.54, 1.807) is 0 Å². The maximum Gasteiger partial charge on any atom is 0.145 e. The van der Waals surface area contributed by atoms with Gasteiger partial charge >= 0.3 is 0 Å². The molecule has 1 atom stereocenters. The van der Waals surface area contributed by atoms with Gasteiger partial charge in [0.2, 0.25) is 0 Å². The van der Waals surface area contributed by atoms with Crippen molar-refractivity contribution in [3.8, 4) is 0 Å². The van der Waals surface area contributed by atoms with Crippen molar-refractivity contribution in [1.29, 1.82) is 0 Å². The fourth-order valence-electron chi connectivity index (χ4n) is 0.906. The molecule has 1 N–H and O–H groups in total. The lowest BCUT2D eigenvalue weighted by Crippen LogP contribution is -2.23. The van der Waals surface area contributed by atoms with Crippen LogP contribution in [0, 0.1) is 0 Å². The normalized spacial score (nSPS) is 25.6. The Kier molecular flexibility index (Phi) is 2.05. The first kappa shape index (κ1) is 6.55. The molecule has 0 aromatic carbocycles. The fraction of sp³-hybridized carbons (Fsp3) is 0.833. The van der Waals surface area contributed by atoms with Crippen LogP contribution in [0.15, 0.2) is 5.16 Å². The predicted octanol–water partition coefficient (Wildman–Crippen LogP) is 0.371. The molecular formula is C6H12N2O. The minimum Gasteiger partial charge on any atom is -0.391 e. The Bertz CT molecular complexity index is 122. The van der Waals surface area contributed by atoms with Crippen molar-refractivity contribution < 1.29 is 4.84 Å². The van der Waals surface area contributed by atoms with E-state index in [0.717, 1.165) is 18.7 Å². The van der Waals surface area contributed by atoms with Gasteiger partial charge in [-0.15, -0.1) is 0 Å². The van der Waals surface area contributed by atoms with Crippen molar-refractivity contribution >= 4 is 5.71 Å². The minimum absolute atomic E-state index is 0.273. The van der Waals surface area contributed by atoms with E-state index >= 15 is 0 Å². The summed E-state index contributed by atoms with van der Waals surface area (Å²) in [5, 5.41) is 6.84. The Labute approximate surface area is 55.1 Å². The molecule has 0 fully saturated rings. The predicted molar refractivity (Wildman–Crippen MR) is 36.5 cm³/mol. The van der Waals surface area contributed by atoms with Gasteiger partial charge in [-0.2, -0.15) is 0 Å². The maximum atomic E-state index is 5.03. The Morgan fingerprint density at radius 3 is 3.11 bits per heavy atom. The molecule has 3 nitrogen and oxygen atoms in total. The molecule has 1 rings (SSSR count). The molecule has 1 heterocycles. The molecule has 1 unspecified atom stereocenters. The van der Waals surface area contributed by atoms with Crippen molar-refractivity contribution in [2.45, 2.75) is 19.4 Å². The van der Waals surface area contributed by atoms with Crippen LogP contribution in [0.2, 0.25) is 0 Å². The summed E-state index contributed by atoms with van der Waals surface area (Å²) in [7, 11) is 1.91. The lowest BCUT2D eigenvalue weighted by molar-refractivity contribution is 0.0866.